The Labute approximate surface area is 102 Å². The first-order valence-electron chi connectivity index (χ1n) is 6.32. The van der Waals surface area contributed by atoms with Crippen molar-refractivity contribution in [2.45, 2.75) is 38.1 Å². The van der Waals surface area contributed by atoms with Crippen LogP contribution in [0, 0.1) is 0 Å². The molecule has 17 heavy (non-hydrogen) atoms. The molecular formula is C14H19NO2. The van der Waals surface area contributed by atoms with E-state index < -0.39 is 0 Å². The van der Waals surface area contributed by atoms with Crippen molar-refractivity contribution in [2.75, 3.05) is 6.61 Å². The molecule has 0 saturated heterocycles. The van der Waals surface area contributed by atoms with Gasteiger partial charge >= 0.3 is 6.09 Å². The standard InChI is InChI=1S/C14H19NO2/c16-14(15-13-8-4-5-9-13)17-11-10-12-6-2-1-3-7-12/h1-3,6-7,13H,4-5,8-11H2,(H,15,16). The third-order valence-electron chi connectivity index (χ3n) is 3.14. The molecule has 1 N–H and O–H groups in total. The van der Waals surface area contributed by atoms with Gasteiger partial charge in [0, 0.05) is 12.5 Å². The van der Waals surface area contributed by atoms with Crippen LogP contribution < -0.4 is 5.32 Å². The molecule has 3 nitrogen and oxygen atoms in total. The Morgan fingerprint density at radius 2 is 1.94 bits per heavy atom. The van der Waals surface area contributed by atoms with Gasteiger partial charge in [0.1, 0.15) is 0 Å². The Kier molecular flexibility index (Phi) is 4.42. The molecule has 1 aromatic rings. The number of amides is 1. The van der Waals surface area contributed by atoms with Crippen LogP contribution in [0.1, 0.15) is 31.2 Å². The molecule has 0 heterocycles. The molecule has 0 unspecified atom stereocenters. The maximum absolute atomic E-state index is 11.5. The van der Waals surface area contributed by atoms with E-state index in [9.17, 15) is 4.79 Å². The number of carbonyl (C=O) groups excluding carboxylic acids is 1. The van der Waals surface area contributed by atoms with Gasteiger partial charge in [0.25, 0.3) is 0 Å². The molecule has 0 aromatic heterocycles. The third kappa shape index (κ3) is 4.10. The lowest BCUT2D eigenvalue weighted by Gasteiger charge is -2.12. The van der Waals surface area contributed by atoms with Gasteiger partial charge in [0.2, 0.25) is 0 Å². The van der Waals surface area contributed by atoms with Crippen LogP contribution in [0.15, 0.2) is 30.3 Å². The fraction of sp³-hybridized carbons (Fsp3) is 0.500. The van der Waals surface area contributed by atoms with Crippen LogP contribution in [0.25, 0.3) is 0 Å². The van der Waals surface area contributed by atoms with E-state index in [0.717, 1.165) is 19.3 Å². The first-order valence-corrected chi connectivity index (χ1v) is 6.32. The summed E-state index contributed by atoms with van der Waals surface area (Å²) in [6.07, 6.45) is 5.12. The van der Waals surface area contributed by atoms with Crippen molar-refractivity contribution in [3.05, 3.63) is 35.9 Å². The highest BCUT2D eigenvalue weighted by Gasteiger charge is 2.17. The van der Waals surface area contributed by atoms with Crippen LogP contribution in [0.2, 0.25) is 0 Å². The predicted octanol–water partition coefficient (Wildman–Crippen LogP) is 2.90. The molecule has 0 atom stereocenters. The van der Waals surface area contributed by atoms with Crippen molar-refractivity contribution in [1.29, 1.82) is 0 Å². The van der Waals surface area contributed by atoms with E-state index in [2.05, 4.69) is 5.32 Å². The molecule has 1 fully saturated rings. The summed E-state index contributed by atoms with van der Waals surface area (Å²) in [7, 11) is 0. The molecule has 0 radical (unpaired) electrons. The molecule has 1 saturated carbocycles. The second-order valence-electron chi connectivity index (χ2n) is 4.50. The van der Waals surface area contributed by atoms with Crippen LogP contribution in [0.5, 0.6) is 0 Å². The van der Waals surface area contributed by atoms with Crippen LogP contribution >= 0.6 is 0 Å². The molecule has 1 aliphatic carbocycles. The highest BCUT2D eigenvalue weighted by molar-refractivity contribution is 5.67. The van der Waals surface area contributed by atoms with E-state index in [4.69, 9.17) is 4.74 Å². The molecule has 1 aliphatic rings. The van der Waals surface area contributed by atoms with Crippen LogP contribution in [-0.2, 0) is 11.2 Å². The largest absolute Gasteiger partial charge is 0.449 e. The second-order valence-corrected chi connectivity index (χ2v) is 4.50. The average molecular weight is 233 g/mol. The van der Waals surface area contributed by atoms with E-state index in [-0.39, 0.29) is 6.09 Å². The zero-order valence-electron chi connectivity index (χ0n) is 10.0. The molecule has 0 aliphatic heterocycles. The van der Waals surface area contributed by atoms with Gasteiger partial charge in [-0.05, 0) is 18.4 Å². The zero-order valence-corrected chi connectivity index (χ0v) is 10.0. The Bertz CT molecular complexity index is 344. The summed E-state index contributed by atoms with van der Waals surface area (Å²) in [6.45, 7) is 0.447. The summed E-state index contributed by atoms with van der Waals surface area (Å²) < 4.78 is 5.16. The third-order valence-corrected chi connectivity index (χ3v) is 3.14. The lowest BCUT2D eigenvalue weighted by molar-refractivity contribution is 0.143. The Morgan fingerprint density at radius 3 is 2.65 bits per heavy atom. The first kappa shape index (κ1) is 12.0. The minimum Gasteiger partial charge on any atom is -0.449 e. The molecule has 3 heteroatoms. The number of rotatable bonds is 4. The summed E-state index contributed by atoms with van der Waals surface area (Å²) in [5.74, 6) is 0. The van der Waals surface area contributed by atoms with Crippen LogP contribution in [0.4, 0.5) is 4.79 Å². The van der Waals surface area contributed by atoms with E-state index in [0.29, 0.717) is 12.6 Å². The van der Waals surface area contributed by atoms with Gasteiger partial charge in [-0.2, -0.15) is 0 Å². The van der Waals surface area contributed by atoms with Crippen molar-refractivity contribution in [3.63, 3.8) is 0 Å². The van der Waals surface area contributed by atoms with Crippen LogP contribution in [0.3, 0.4) is 0 Å². The number of hydrogen-bond donors (Lipinski definition) is 1. The summed E-state index contributed by atoms with van der Waals surface area (Å²) in [5.41, 5.74) is 1.20. The summed E-state index contributed by atoms with van der Waals surface area (Å²) in [4.78, 5) is 11.5. The highest BCUT2D eigenvalue weighted by Crippen LogP contribution is 2.17. The molecule has 0 spiro atoms. The van der Waals surface area contributed by atoms with E-state index in [1.807, 2.05) is 30.3 Å². The maximum Gasteiger partial charge on any atom is 0.407 e. The number of carbonyl (C=O) groups is 1. The molecule has 0 bridgehead atoms. The quantitative estimate of drug-likeness (QED) is 0.868. The highest BCUT2D eigenvalue weighted by atomic mass is 16.5. The number of benzene rings is 1. The number of alkyl carbamates (subject to hydrolysis) is 1. The van der Waals surface area contributed by atoms with Crippen LogP contribution in [-0.4, -0.2) is 18.7 Å². The van der Waals surface area contributed by atoms with Gasteiger partial charge in [-0.25, -0.2) is 4.79 Å². The smallest absolute Gasteiger partial charge is 0.407 e. The maximum atomic E-state index is 11.5. The van der Waals surface area contributed by atoms with Gasteiger partial charge in [-0.15, -0.1) is 0 Å². The second kappa shape index (κ2) is 6.28. The molecule has 1 aromatic carbocycles. The minimum absolute atomic E-state index is 0.271. The van der Waals surface area contributed by atoms with E-state index in [1.165, 1.54) is 18.4 Å². The lowest BCUT2D eigenvalue weighted by Crippen LogP contribution is -2.33. The van der Waals surface area contributed by atoms with Gasteiger partial charge in [-0.1, -0.05) is 43.2 Å². The monoisotopic (exact) mass is 233 g/mol. The summed E-state index contributed by atoms with van der Waals surface area (Å²) in [6, 6.07) is 10.4. The van der Waals surface area contributed by atoms with Crippen molar-refractivity contribution in [3.8, 4) is 0 Å². The fourth-order valence-electron chi connectivity index (χ4n) is 2.18. The number of hydrogen-bond acceptors (Lipinski definition) is 2. The normalized spacial score (nSPS) is 15.8. The Morgan fingerprint density at radius 1 is 1.24 bits per heavy atom. The van der Waals surface area contributed by atoms with E-state index >= 15 is 0 Å². The van der Waals surface area contributed by atoms with Gasteiger partial charge in [-0.3, -0.25) is 0 Å². The van der Waals surface area contributed by atoms with Crippen molar-refractivity contribution < 1.29 is 9.53 Å². The minimum atomic E-state index is -0.271. The average Bonchev–Trinajstić information content (AvgIpc) is 2.83. The molecule has 92 valence electrons. The summed E-state index contributed by atoms with van der Waals surface area (Å²) in [5, 5.41) is 2.90. The Balaban J connectivity index is 1.63. The zero-order chi connectivity index (χ0) is 11.9. The van der Waals surface area contributed by atoms with Crippen molar-refractivity contribution >= 4 is 6.09 Å². The Hall–Kier alpha value is -1.51. The number of ether oxygens (including phenoxy) is 1. The molecular weight excluding hydrogens is 214 g/mol. The molecule has 1 amide bonds. The topological polar surface area (TPSA) is 38.3 Å². The lowest BCUT2D eigenvalue weighted by atomic mass is 10.2. The summed E-state index contributed by atoms with van der Waals surface area (Å²) >= 11 is 0. The van der Waals surface area contributed by atoms with Gasteiger partial charge < -0.3 is 10.1 Å². The SMILES string of the molecule is O=C(NC1CCCC1)OCCc1ccccc1. The van der Waals surface area contributed by atoms with Gasteiger partial charge in [0.15, 0.2) is 0 Å². The fourth-order valence-corrected chi connectivity index (χ4v) is 2.18. The van der Waals surface area contributed by atoms with E-state index in [1.54, 1.807) is 0 Å². The van der Waals surface area contributed by atoms with Crippen molar-refractivity contribution in [1.82, 2.24) is 5.32 Å². The van der Waals surface area contributed by atoms with Crippen molar-refractivity contribution in [2.24, 2.45) is 0 Å². The first-order chi connectivity index (χ1) is 8.34. The predicted molar refractivity (Wildman–Crippen MR) is 66.9 cm³/mol. The molecule has 2 rings (SSSR count). The van der Waals surface area contributed by atoms with Gasteiger partial charge in [0.05, 0.1) is 6.61 Å². The number of nitrogens with one attached hydrogen (secondary N) is 1.